The minimum atomic E-state index is -0.907. The van der Waals surface area contributed by atoms with Gasteiger partial charge in [-0.2, -0.15) is 0 Å². The fourth-order valence-electron chi connectivity index (χ4n) is 0.849. The Bertz CT molecular complexity index is 193. The van der Waals surface area contributed by atoms with Gasteiger partial charge in [-0.1, -0.05) is 0 Å². The molecule has 0 aromatic rings. The molecule has 0 rings (SSSR count). The van der Waals surface area contributed by atoms with E-state index >= 15 is 0 Å². The Kier molecular flexibility index (Phi) is 6.74. The van der Waals surface area contributed by atoms with E-state index in [4.69, 9.17) is 9.84 Å². The fourth-order valence-corrected chi connectivity index (χ4v) is 0.849. The van der Waals surface area contributed by atoms with Crippen molar-refractivity contribution < 1.29 is 19.4 Å². The highest BCUT2D eigenvalue weighted by Crippen LogP contribution is 1.99. The molecule has 1 amide bonds. The number of rotatable bonds is 7. The summed E-state index contributed by atoms with van der Waals surface area (Å²) >= 11 is 0. The molecule has 14 heavy (non-hydrogen) atoms. The second-order valence-corrected chi connectivity index (χ2v) is 3.08. The third-order valence-corrected chi connectivity index (χ3v) is 1.84. The zero-order chi connectivity index (χ0) is 11.0. The Hall–Kier alpha value is -1.10. The molecule has 0 heterocycles. The number of methoxy groups -OCH3 is 1. The number of hydrogen-bond acceptors (Lipinski definition) is 3. The average Bonchev–Trinajstić information content (AvgIpc) is 2.13. The summed E-state index contributed by atoms with van der Waals surface area (Å²) in [4.78, 5) is 21.2. The zero-order valence-electron chi connectivity index (χ0n) is 8.58. The van der Waals surface area contributed by atoms with Crippen molar-refractivity contribution in [3.63, 3.8) is 0 Å². The molecule has 0 aromatic heterocycles. The summed E-state index contributed by atoms with van der Waals surface area (Å²) in [6.45, 7) is 2.07. The van der Waals surface area contributed by atoms with E-state index in [-0.39, 0.29) is 25.0 Å². The first-order valence-electron chi connectivity index (χ1n) is 4.57. The van der Waals surface area contributed by atoms with Crippen LogP contribution in [0.4, 0.5) is 0 Å². The molecule has 0 aliphatic carbocycles. The maximum Gasteiger partial charge on any atom is 0.305 e. The molecule has 0 aromatic carbocycles. The van der Waals surface area contributed by atoms with E-state index in [1.54, 1.807) is 7.11 Å². The van der Waals surface area contributed by atoms with Crippen LogP contribution in [0.15, 0.2) is 0 Å². The quantitative estimate of drug-likeness (QED) is 0.627. The Morgan fingerprint density at radius 1 is 1.43 bits per heavy atom. The second kappa shape index (κ2) is 7.32. The maximum atomic E-state index is 11.1. The van der Waals surface area contributed by atoms with Crippen molar-refractivity contribution in [1.29, 1.82) is 0 Å². The lowest BCUT2D eigenvalue weighted by Crippen LogP contribution is -2.26. The third-order valence-electron chi connectivity index (χ3n) is 1.84. The van der Waals surface area contributed by atoms with E-state index in [0.717, 1.165) is 0 Å². The Labute approximate surface area is 83.4 Å². The predicted octanol–water partition coefficient (Wildman–Crippen LogP) is 0.392. The molecule has 0 saturated carbocycles. The van der Waals surface area contributed by atoms with Crippen LogP contribution in [0.25, 0.3) is 0 Å². The van der Waals surface area contributed by atoms with Gasteiger partial charge in [0.25, 0.3) is 0 Å². The van der Waals surface area contributed by atoms with E-state index in [1.807, 2.05) is 6.92 Å². The van der Waals surface area contributed by atoms with E-state index in [0.29, 0.717) is 12.8 Å². The van der Waals surface area contributed by atoms with E-state index in [9.17, 15) is 9.59 Å². The number of carbonyl (C=O) groups is 2. The monoisotopic (exact) mass is 203 g/mol. The lowest BCUT2D eigenvalue weighted by Gasteiger charge is -2.08. The smallest absolute Gasteiger partial charge is 0.305 e. The molecule has 1 unspecified atom stereocenters. The summed E-state index contributed by atoms with van der Waals surface area (Å²) in [5.41, 5.74) is 0. The molecule has 82 valence electrons. The summed E-state index contributed by atoms with van der Waals surface area (Å²) in [7, 11) is 1.59. The topological polar surface area (TPSA) is 75.6 Å². The number of aliphatic carboxylic acids is 1. The highest BCUT2D eigenvalue weighted by atomic mass is 16.5. The van der Waals surface area contributed by atoms with Crippen molar-refractivity contribution >= 4 is 11.9 Å². The minimum Gasteiger partial charge on any atom is -0.481 e. The normalized spacial score (nSPS) is 12.1. The lowest BCUT2D eigenvalue weighted by molar-refractivity contribution is -0.136. The van der Waals surface area contributed by atoms with E-state index < -0.39 is 5.97 Å². The molecule has 5 heteroatoms. The Morgan fingerprint density at radius 3 is 2.57 bits per heavy atom. The van der Waals surface area contributed by atoms with E-state index in [1.165, 1.54) is 0 Å². The van der Waals surface area contributed by atoms with Gasteiger partial charge in [-0.3, -0.25) is 9.59 Å². The van der Waals surface area contributed by atoms with E-state index in [2.05, 4.69) is 5.32 Å². The van der Waals surface area contributed by atoms with Crippen LogP contribution in [-0.2, 0) is 14.3 Å². The van der Waals surface area contributed by atoms with Gasteiger partial charge in [-0.05, 0) is 13.3 Å². The summed E-state index contributed by atoms with van der Waals surface area (Å²) in [5.74, 6) is -1.04. The highest BCUT2D eigenvalue weighted by molar-refractivity contribution is 5.76. The first kappa shape index (κ1) is 12.9. The number of carbonyl (C=O) groups excluding carboxylic acids is 1. The van der Waals surface area contributed by atoms with Gasteiger partial charge in [-0.25, -0.2) is 0 Å². The number of nitrogens with one attached hydrogen (secondary N) is 1. The van der Waals surface area contributed by atoms with Gasteiger partial charge in [0, 0.05) is 20.1 Å². The molecule has 1 atom stereocenters. The predicted molar refractivity (Wildman–Crippen MR) is 51.0 cm³/mol. The molecule has 0 spiro atoms. The SMILES string of the molecule is COC(C)CCC(=O)NCCC(=O)O. The van der Waals surface area contributed by atoms with Crippen LogP contribution in [-0.4, -0.2) is 36.7 Å². The van der Waals surface area contributed by atoms with Crippen LogP contribution < -0.4 is 5.32 Å². The highest BCUT2D eigenvalue weighted by Gasteiger charge is 2.05. The van der Waals surface area contributed by atoms with Gasteiger partial charge >= 0.3 is 5.97 Å². The van der Waals surface area contributed by atoms with Crippen molar-refractivity contribution in [2.75, 3.05) is 13.7 Å². The van der Waals surface area contributed by atoms with Gasteiger partial charge in [-0.15, -0.1) is 0 Å². The Morgan fingerprint density at radius 2 is 2.07 bits per heavy atom. The molecule has 2 N–H and O–H groups in total. The van der Waals surface area contributed by atoms with Crippen molar-refractivity contribution in [3.8, 4) is 0 Å². The number of carboxylic acids is 1. The first-order valence-corrected chi connectivity index (χ1v) is 4.57. The van der Waals surface area contributed by atoms with Gasteiger partial charge in [0.1, 0.15) is 0 Å². The molecule has 0 bridgehead atoms. The fraction of sp³-hybridized carbons (Fsp3) is 0.778. The molecular formula is C9H17NO4. The summed E-state index contributed by atoms with van der Waals surface area (Å²) in [6, 6.07) is 0. The van der Waals surface area contributed by atoms with Crippen molar-refractivity contribution in [1.82, 2.24) is 5.32 Å². The number of carboxylic acid groups (broad SMARTS) is 1. The maximum absolute atomic E-state index is 11.1. The van der Waals surface area contributed by atoms with Gasteiger partial charge in [0.2, 0.25) is 5.91 Å². The standard InChI is InChI=1S/C9H17NO4/c1-7(14-2)3-4-8(11)10-6-5-9(12)13/h7H,3-6H2,1-2H3,(H,10,11)(H,12,13). The van der Waals surface area contributed by atoms with Crippen molar-refractivity contribution in [3.05, 3.63) is 0 Å². The number of ether oxygens (including phenoxy) is 1. The number of hydrogen-bond donors (Lipinski definition) is 2. The lowest BCUT2D eigenvalue weighted by atomic mass is 10.2. The summed E-state index contributed by atoms with van der Waals surface area (Å²) in [6.07, 6.45) is 1.04. The van der Waals surface area contributed by atoms with Crippen molar-refractivity contribution in [2.24, 2.45) is 0 Å². The first-order chi connectivity index (χ1) is 6.56. The van der Waals surface area contributed by atoms with Crippen LogP contribution in [0, 0.1) is 0 Å². The van der Waals surface area contributed by atoms with Gasteiger partial charge in [0.15, 0.2) is 0 Å². The molecule has 0 fully saturated rings. The molecule has 0 saturated heterocycles. The van der Waals surface area contributed by atoms with Crippen LogP contribution in [0.1, 0.15) is 26.2 Å². The second-order valence-electron chi connectivity index (χ2n) is 3.08. The van der Waals surface area contributed by atoms with Crippen molar-refractivity contribution in [2.45, 2.75) is 32.3 Å². The van der Waals surface area contributed by atoms with Gasteiger partial charge < -0.3 is 15.2 Å². The summed E-state index contributed by atoms with van der Waals surface area (Å²) in [5, 5.41) is 10.8. The molecule has 5 nitrogen and oxygen atoms in total. The average molecular weight is 203 g/mol. The van der Waals surface area contributed by atoms with Crippen LogP contribution in [0.5, 0.6) is 0 Å². The summed E-state index contributed by atoms with van der Waals surface area (Å²) < 4.78 is 4.97. The van der Waals surface area contributed by atoms with Crippen LogP contribution >= 0.6 is 0 Å². The van der Waals surface area contributed by atoms with Crippen LogP contribution in [0.3, 0.4) is 0 Å². The van der Waals surface area contributed by atoms with Gasteiger partial charge in [0.05, 0.1) is 12.5 Å². The third kappa shape index (κ3) is 7.54. The molecule has 0 radical (unpaired) electrons. The largest absolute Gasteiger partial charge is 0.481 e. The zero-order valence-corrected chi connectivity index (χ0v) is 8.58. The molecule has 0 aliphatic rings. The van der Waals surface area contributed by atoms with Crippen LogP contribution in [0.2, 0.25) is 0 Å². The molecule has 0 aliphatic heterocycles. The Balaban J connectivity index is 3.41. The number of amides is 1. The molecular weight excluding hydrogens is 186 g/mol. The minimum absolute atomic E-state index is 0.0361.